The van der Waals surface area contributed by atoms with Gasteiger partial charge in [-0.25, -0.2) is 8.78 Å². The SMILES string of the molecule is CCNCC(=O)N1CCCC(N)C1COC1CCC(c2ccc(F)c(F)c2)CC1. The number of hydrogen-bond acceptors (Lipinski definition) is 4. The number of halogens is 2. The largest absolute Gasteiger partial charge is 0.376 e. The fourth-order valence-corrected chi connectivity index (χ4v) is 4.51. The van der Waals surface area contributed by atoms with E-state index in [4.69, 9.17) is 10.5 Å². The molecule has 1 saturated heterocycles. The van der Waals surface area contributed by atoms with E-state index in [9.17, 15) is 13.6 Å². The Kier molecular flexibility index (Phi) is 7.98. The van der Waals surface area contributed by atoms with Crippen LogP contribution in [0.2, 0.25) is 0 Å². The van der Waals surface area contributed by atoms with E-state index < -0.39 is 11.6 Å². The van der Waals surface area contributed by atoms with Crippen LogP contribution in [0.4, 0.5) is 8.78 Å². The summed E-state index contributed by atoms with van der Waals surface area (Å²) < 4.78 is 32.8. The molecule has 3 N–H and O–H groups in total. The van der Waals surface area contributed by atoms with E-state index in [1.54, 1.807) is 6.07 Å². The van der Waals surface area contributed by atoms with Crippen LogP contribution in [0, 0.1) is 11.6 Å². The molecule has 1 aliphatic carbocycles. The summed E-state index contributed by atoms with van der Waals surface area (Å²) in [4.78, 5) is 14.4. The highest BCUT2D eigenvalue weighted by atomic mass is 19.2. The molecule has 1 heterocycles. The van der Waals surface area contributed by atoms with Gasteiger partial charge in [-0.3, -0.25) is 4.79 Å². The second kappa shape index (κ2) is 10.5. The molecule has 2 aliphatic rings. The van der Waals surface area contributed by atoms with Crippen molar-refractivity contribution in [1.82, 2.24) is 10.2 Å². The summed E-state index contributed by atoms with van der Waals surface area (Å²) in [5.74, 6) is -1.27. The molecule has 2 atom stereocenters. The average molecular weight is 410 g/mol. The Morgan fingerprint density at radius 3 is 2.66 bits per heavy atom. The zero-order valence-corrected chi connectivity index (χ0v) is 17.2. The van der Waals surface area contributed by atoms with E-state index in [-0.39, 0.29) is 30.0 Å². The summed E-state index contributed by atoms with van der Waals surface area (Å²) in [5, 5.41) is 3.09. The highest BCUT2D eigenvalue weighted by Gasteiger charge is 2.33. The maximum atomic E-state index is 13.5. The molecule has 1 aromatic carbocycles. The first kappa shape index (κ1) is 22.1. The van der Waals surface area contributed by atoms with Crippen LogP contribution in [-0.2, 0) is 9.53 Å². The van der Waals surface area contributed by atoms with Gasteiger partial charge in [0.2, 0.25) is 5.91 Å². The standard InChI is InChI=1S/C22H33F2N3O2/c1-2-26-13-22(28)27-11-3-4-20(25)21(27)14-29-17-8-5-15(6-9-17)16-7-10-18(23)19(24)12-16/h7,10,12,15,17,20-21,26H,2-6,8-9,11,13-14,25H2,1H3. The maximum absolute atomic E-state index is 13.5. The molecule has 0 spiro atoms. The third kappa shape index (κ3) is 5.74. The van der Waals surface area contributed by atoms with E-state index in [1.165, 1.54) is 12.1 Å². The van der Waals surface area contributed by atoms with E-state index in [1.807, 2.05) is 11.8 Å². The molecule has 29 heavy (non-hydrogen) atoms. The summed E-state index contributed by atoms with van der Waals surface area (Å²) >= 11 is 0. The van der Waals surface area contributed by atoms with Crippen molar-refractivity contribution in [2.45, 2.75) is 69.6 Å². The number of likely N-dealkylation sites (tertiary alicyclic amines) is 1. The van der Waals surface area contributed by atoms with Crippen LogP contribution < -0.4 is 11.1 Å². The number of piperidine rings is 1. The van der Waals surface area contributed by atoms with Crippen LogP contribution in [0.5, 0.6) is 0 Å². The van der Waals surface area contributed by atoms with Gasteiger partial charge >= 0.3 is 0 Å². The first-order chi connectivity index (χ1) is 14.0. The minimum atomic E-state index is -0.803. The fraction of sp³-hybridized carbons (Fsp3) is 0.682. The van der Waals surface area contributed by atoms with Crippen molar-refractivity contribution in [2.24, 2.45) is 5.73 Å². The highest BCUT2D eigenvalue weighted by Crippen LogP contribution is 2.34. The lowest BCUT2D eigenvalue weighted by molar-refractivity contribution is -0.137. The van der Waals surface area contributed by atoms with Crippen molar-refractivity contribution in [3.8, 4) is 0 Å². The zero-order valence-electron chi connectivity index (χ0n) is 17.2. The lowest BCUT2D eigenvalue weighted by Crippen LogP contribution is -2.58. The van der Waals surface area contributed by atoms with Crippen LogP contribution in [0.15, 0.2) is 18.2 Å². The third-order valence-corrected chi connectivity index (χ3v) is 6.27. The van der Waals surface area contributed by atoms with Gasteiger partial charge in [-0.15, -0.1) is 0 Å². The fourth-order valence-electron chi connectivity index (χ4n) is 4.51. The summed E-state index contributed by atoms with van der Waals surface area (Å²) in [6.45, 7) is 4.26. The van der Waals surface area contributed by atoms with Crippen molar-refractivity contribution < 1.29 is 18.3 Å². The summed E-state index contributed by atoms with van der Waals surface area (Å²) in [5.41, 5.74) is 7.17. The molecule has 3 rings (SSSR count). The number of carbonyl (C=O) groups is 1. The second-order valence-corrected chi connectivity index (χ2v) is 8.22. The smallest absolute Gasteiger partial charge is 0.236 e. The Morgan fingerprint density at radius 1 is 1.21 bits per heavy atom. The van der Waals surface area contributed by atoms with Crippen LogP contribution >= 0.6 is 0 Å². The van der Waals surface area contributed by atoms with Crippen molar-refractivity contribution >= 4 is 5.91 Å². The number of nitrogens with one attached hydrogen (secondary N) is 1. The van der Waals surface area contributed by atoms with Gasteiger partial charge in [-0.05, 0) is 68.7 Å². The topological polar surface area (TPSA) is 67.6 Å². The monoisotopic (exact) mass is 409 g/mol. The van der Waals surface area contributed by atoms with Crippen LogP contribution in [0.3, 0.4) is 0 Å². The lowest BCUT2D eigenvalue weighted by atomic mass is 9.82. The molecule has 0 radical (unpaired) electrons. The number of nitrogens with two attached hydrogens (primary N) is 1. The molecule has 1 amide bonds. The van der Waals surface area contributed by atoms with Crippen LogP contribution in [0.1, 0.15) is 56.9 Å². The Hall–Kier alpha value is -1.57. The van der Waals surface area contributed by atoms with Gasteiger partial charge in [-0.1, -0.05) is 13.0 Å². The van der Waals surface area contributed by atoms with Gasteiger partial charge in [0.1, 0.15) is 0 Å². The number of amides is 1. The molecule has 1 aliphatic heterocycles. The van der Waals surface area contributed by atoms with Gasteiger partial charge in [0, 0.05) is 12.6 Å². The molecular formula is C22H33F2N3O2. The molecule has 5 nitrogen and oxygen atoms in total. The molecule has 2 fully saturated rings. The van der Waals surface area contributed by atoms with Crippen LogP contribution in [-0.4, -0.2) is 55.2 Å². The Morgan fingerprint density at radius 2 is 1.97 bits per heavy atom. The van der Waals surface area contributed by atoms with Gasteiger partial charge in [-0.2, -0.15) is 0 Å². The van der Waals surface area contributed by atoms with Gasteiger partial charge in [0.25, 0.3) is 0 Å². The van der Waals surface area contributed by atoms with E-state index in [0.29, 0.717) is 13.2 Å². The van der Waals surface area contributed by atoms with Gasteiger partial charge < -0.3 is 20.7 Å². The van der Waals surface area contributed by atoms with Gasteiger partial charge in [0.15, 0.2) is 11.6 Å². The molecule has 2 unspecified atom stereocenters. The van der Waals surface area contributed by atoms with E-state index in [0.717, 1.165) is 57.2 Å². The van der Waals surface area contributed by atoms with Crippen molar-refractivity contribution in [3.63, 3.8) is 0 Å². The Bertz CT molecular complexity index is 680. The number of ether oxygens (including phenoxy) is 1. The lowest BCUT2D eigenvalue weighted by Gasteiger charge is -2.40. The zero-order chi connectivity index (χ0) is 20.8. The molecule has 1 saturated carbocycles. The number of rotatable bonds is 7. The van der Waals surface area contributed by atoms with Crippen molar-refractivity contribution in [1.29, 1.82) is 0 Å². The number of hydrogen-bond donors (Lipinski definition) is 2. The molecular weight excluding hydrogens is 376 g/mol. The number of nitrogens with zero attached hydrogens (tertiary/aromatic N) is 1. The maximum Gasteiger partial charge on any atom is 0.236 e. The molecule has 0 aromatic heterocycles. The minimum absolute atomic E-state index is 0.0622. The van der Waals surface area contributed by atoms with Crippen molar-refractivity contribution in [2.75, 3.05) is 26.2 Å². The minimum Gasteiger partial charge on any atom is -0.376 e. The first-order valence-corrected chi connectivity index (χ1v) is 10.8. The predicted molar refractivity (Wildman–Crippen MR) is 109 cm³/mol. The number of carbonyl (C=O) groups excluding carboxylic acids is 1. The highest BCUT2D eigenvalue weighted by molar-refractivity contribution is 5.78. The first-order valence-electron chi connectivity index (χ1n) is 10.8. The average Bonchev–Trinajstić information content (AvgIpc) is 2.73. The predicted octanol–water partition coefficient (Wildman–Crippen LogP) is 2.94. The van der Waals surface area contributed by atoms with Gasteiger partial charge in [0.05, 0.1) is 25.3 Å². The summed E-state index contributed by atoms with van der Waals surface area (Å²) in [6.07, 6.45) is 5.46. The number of likely N-dealkylation sites (N-methyl/N-ethyl adjacent to an activating group) is 1. The molecule has 1 aromatic rings. The number of benzene rings is 1. The summed E-state index contributed by atoms with van der Waals surface area (Å²) in [7, 11) is 0. The molecule has 162 valence electrons. The van der Waals surface area contributed by atoms with Crippen molar-refractivity contribution in [3.05, 3.63) is 35.4 Å². The summed E-state index contributed by atoms with van der Waals surface area (Å²) in [6, 6.07) is 4.05. The quantitative estimate of drug-likeness (QED) is 0.727. The van der Waals surface area contributed by atoms with E-state index >= 15 is 0 Å². The van der Waals surface area contributed by atoms with E-state index in [2.05, 4.69) is 5.32 Å². The van der Waals surface area contributed by atoms with Crippen LogP contribution in [0.25, 0.3) is 0 Å². The normalized spacial score (nSPS) is 27.8. The molecule has 7 heteroatoms. The second-order valence-electron chi connectivity index (χ2n) is 8.22. The molecule has 0 bridgehead atoms. The third-order valence-electron chi connectivity index (χ3n) is 6.27. The Balaban J connectivity index is 1.50. The Labute approximate surface area is 172 Å².